The van der Waals surface area contributed by atoms with Crippen molar-refractivity contribution >= 4 is 5.97 Å². The van der Waals surface area contributed by atoms with Crippen LogP contribution in [0.4, 0.5) is 13.2 Å². The van der Waals surface area contributed by atoms with Crippen molar-refractivity contribution in [3.8, 4) is 0 Å². The highest BCUT2D eigenvalue weighted by Gasteiger charge is 2.58. The Morgan fingerprint density at radius 1 is 1.14 bits per heavy atom. The maximum absolute atomic E-state index is 12.5. The molecule has 0 aliphatic rings. The van der Waals surface area contributed by atoms with Gasteiger partial charge in [0, 0.05) is 0 Å². The Hall–Kier alpha value is -0.740. The molecule has 0 aliphatic carbocycles. The van der Waals surface area contributed by atoms with Gasteiger partial charge in [0.15, 0.2) is 5.41 Å². The number of rotatable bonds is 2. The van der Waals surface area contributed by atoms with E-state index in [2.05, 4.69) is 0 Å². The van der Waals surface area contributed by atoms with Crippen LogP contribution in [0.25, 0.3) is 0 Å². The van der Waals surface area contributed by atoms with Crippen molar-refractivity contribution in [1.29, 1.82) is 0 Å². The molecule has 1 atom stereocenters. The number of carboxylic acids is 1. The summed E-state index contributed by atoms with van der Waals surface area (Å²) in [6.07, 6.45) is -5.15. The van der Waals surface area contributed by atoms with E-state index in [-0.39, 0.29) is 0 Å². The van der Waals surface area contributed by atoms with Gasteiger partial charge in [-0.25, -0.2) is 0 Å². The van der Waals surface area contributed by atoms with E-state index in [0.29, 0.717) is 0 Å². The quantitative estimate of drug-likeness (QED) is 0.763. The summed E-state index contributed by atoms with van der Waals surface area (Å²) in [5.74, 6) is -1.82. The molecule has 0 aromatic rings. The summed E-state index contributed by atoms with van der Waals surface area (Å²) < 4.78 is 37.5. The SMILES string of the molecule is CC(C)(C)CC(C)(C(=O)O)C(F)(F)F. The normalized spacial score (nSPS) is 17.6. The molecule has 0 aromatic carbocycles. The molecule has 0 heterocycles. The molecule has 0 bridgehead atoms. The minimum atomic E-state index is -4.72. The van der Waals surface area contributed by atoms with E-state index in [0.717, 1.165) is 6.92 Å². The van der Waals surface area contributed by atoms with Crippen LogP contribution in [0.2, 0.25) is 0 Å². The third kappa shape index (κ3) is 2.89. The molecule has 84 valence electrons. The number of aliphatic carboxylic acids is 1. The number of carbonyl (C=O) groups is 1. The van der Waals surface area contributed by atoms with Gasteiger partial charge in [-0.05, 0) is 18.8 Å². The third-order valence-electron chi connectivity index (χ3n) is 1.98. The first-order valence-electron chi connectivity index (χ1n) is 4.20. The average molecular weight is 212 g/mol. The van der Waals surface area contributed by atoms with Gasteiger partial charge in [-0.15, -0.1) is 0 Å². The number of halogens is 3. The fourth-order valence-corrected chi connectivity index (χ4v) is 1.36. The van der Waals surface area contributed by atoms with Crippen LogP contribution in [-0.2, 0) is 4.79 Å². The summed E-state index contributed by atoms with van der Waals surface area (Å²) >= 11 is 0. The number of carboxylic acid groups (broad SMARTS) is 1. The standard InChI is InChI=1S/C9H15F3O2/c1-7(2,3)5-8(4,6(13)14)9(10,11)12/h5H2,1-4H3,(H,13,14). The number of alkyl halides is 3. The highest BCUT2D eigenvalue weighted by molar-refractivity contribution is 5.75. The van der Waals surface area contributed by atoms with E-state index in [9.17, 15) is 18.0 Å². The zero-order chi connectivity index (χ0) is 11.8. The molecule has 0 amide bonds. The first-order chi connectivity index (χ1) is 5.90. The summed E-state index contributed by atoms with van der Waals surface area (Å²) in [7, 11) is 0. The van der Waals surface area contributed by atoms with Gasteiger partial charge in [0.1, 0.15) is 0 Å². The van der Waals surface area contributed by atoms with Crippen molar-refractivity contribution in [2.75, 3.05) is 0 Å². The lowest BCUT2D eigenvalue weighted by Gasteiger charge is -2.33. The van der Waals surface area contributed by atoms with Gasteiger partial charge in [0.2, 0.25) is 0 Å². The smallest absolute Gasteiger partial charge is 0.404 e. The largest absolute Gasteiger partial charge is 0.481 e. The fraction of sp³-hybridized carbons (Fsp3) is 0.889. The van der Waals surface area contributed by atoms with Gasteiger partial charge in [0.25, 0.3) is 0 Å². The molecule has 0 radical (unpaired) electrons. The summed E-state index contributed by atoms with van der Waals surface area (Å²) in [4.78, 5) is 10.6. The summed E-state index contributed by atoms with van der Waals surface area (Å²) in [6.45, 7) is 5.47. The maximum atomic E-state index is 12.5. The molecule has 0 fully saturated rings. The van der Waals surface area contributed by atoms with Gasteiger partial charge >= 0.3 is 12.1 Å². The topological polar surface area (TPSA) is 37.3 Å². The van der Waals surface area contributed by atoms with Crippen LogP contribution in [0.3, 0.4) is 0 Å². The highest BCUT2D eigenvalue weighted by Crippen LogP contribution is 2.45. The lowest BCUT2D eigenvalue weighted by Crippen LogP contribution is -2.45. The minimum Gasteiger partial charge on any atom is -0.481 e. The van der Waals surface area contributed by atoms with Crippen molar-refractivity contribution in [3.05, 3.63) is 0 Å². The molecule has 5 heteroatoms. The lowest BCUT2D eigenvalue weighted by molar-refractivity contribution is -0.233. The molecular weight excluding hydrogens is 197 g/mol. The first kappa shape index (κ1) is 13.3. The van der Waals surface area contributed by atoms with Crippen molar-refractivity contribution in [2.45, 2.75) is 40.3 Å². The van der Waals surface area contributed by atoms with Crippen molar-refractivity contribution in [3.63, 3.8) is 0 Å². The second-order valence-electron chi connectivity index (χ2n) is 4.87. The van der Waals surface area contributed by atoms with E-state index >= 15 is 0 Å². The van der Waals surface area contributed by atoms with Gasteiger partial charge in [0.05, 0.1) is 0 Å². The summed E-state index contributed by atoms with van der Waals surface area (Å²) in [6, 6.07) is 0. The Morgan fingerprint density at radius 3 is 1.57 bits per heavy atom. The second-order valence-corrected chi connectivity index (χ2v) is 4.87. The van der Waals surface area contributed by atoms with Crippen molar-refractivity contribution in [2.24, 2.45) is 10.8 Å². The van der Waals surface area contributed by atoms with Gasteiger partial charge in [-0.1, -0.05) is 20.8 Å². The molecule has 2 nitrogen and oxygen atoms in total. The second kappa shape index (κ2) is 3.44. The Labute approximate surface area is 81.1 Å². The van der Waals surface area contributed by atoms with Gasteiger partial charge in [-0.3, -0.25) is 4.79 Å². The van der Waals surface area contributed by atoms with Crippen molar-refractivity contribution < 1.29 is 23.1 Å². The predicted molar refractivity (Wildman–Crippen MR) is 45.9 cm³/mol. The van der Waals surface area contributed by atoms with Crippen LogP contribution in [0.1, 0.15) is 34.1 Å². The zero-order valence-electron chi connectivity index (χ0n) is 8.70. The van der Waals surface area contributed by atoms with Crippen LogP contribution < -0.4 is 0 Å². The van der Waals surface area contributed by atoms with E-state index < -0.39 is 29.4 Å². The Morgan fingerprint density at radius 2 is 1.50 bits per heavy atom. The molecular formula is C9H15F3O2. The average Bonchev–Trinajstić information content (AvgIpc) is 1.79. The third-order valence-corrected chi connectivity index (χ3v) is 1.98. The minimum absolute atomic E-state index is 0.432. The first-order valence-corrected chi connectivity index (χ1v) is 4.20. The van der Waals surface area contributed by atoms with Gasteiger partial charge in [-0.2, -0.15) is 13.2 Å². The monoisotopic (exact) mass is 212 g/mol. The van der Waals surface area contributed by atoms with Gasteiger partial charge < -0.3 is 5.11 Å². The summed E-state index contributed by atoms with van der Waals surface area (Å²) in [5, 5.41) is 8.61. The highest BCUT2D eigenvalue weighted by atomic mass is 19.4. The zero-order valence-corrected chi connectivity index (χ0v) is 8.70. The van der Waals surface area contributed by atoms with Crippen LogP contribution in [0.15, 0.2) is 0 Å². The molecule has 1 N–H and O–H groups in total. The van der Waals surface area contributed by atoms with Crippen LogP contribution in [-0.4, -0.2) is 17.3 Å². The molecule has 0 saturated heterocycles. The van der Waals surface area contributed by atoms with Crippen LogP contribution in [0.5, 0.6) is 0 Å². The molecule has 1 unspecified atom stereocenters. The number of hydrogen-bond acceptors (Lipinski definition) is 1. The van der Waals surface area contributed by atoms with E-state index in [4.69, 9.17) is 5.11 Å². The Balaban J connectivity index is 5.04. The molecule has 0 aromatic heterocycles. The molecule has 14 heavy (non-hydrogen) atoms. The predicted octanol–water partition coefficient (Wildman–Crippen LogP) is 3.08. The Kier molecular flexibility index (Phi) is 3.26. The summed E-state index contributed by atoms with van der Waals surface area (Å²) in [5.41, 5.74) is -3.34. The van der Waals surface area contributed by atoms with Crippen molar-refractivity contribution in [1.82, 2.24) is 0 Å². The lowest BCUT2D eigenvalue weighted by atomic mass is 9.74. The van der Waals surface area contributed by atoms with Crippen LogP contribution in [0, 0.1) is 10.8 Å². The molecule has 0 saturated carbocycles. The molecule has 0 aliphatic heterocycles. The molecule has 0 spiro atoms. The molecule has 0 rings (SSSR count). The fourth-order valence-electron chi connectivity index (χ4n) is 1.36. The maximum Gasteiger partial charge on any atom is 0.404 e. The Bertz CT molecular complexity index is 227. The van der Waals surface area contributed by atoms with E-state index in [1.54, 1.807) is 20.8 Å². The number of hydrogen-bond donors (Lipinski definition) is 1. The van der Waals surface area contributed by atoms with E-state index in [1.165, 1.54) is 0 Å². The van der Waals surface area contributed by atoms with Crippen LogP contribution >= 0.6 is 0 Å². The van der Waals surface area contributed by atoms with E-state index in [1.807, 2.05) is 0 Å².